The Hall–Kier alpha value is -1.66. The molecule has 1 amide bonds. The zero-order chi connectivity index (χ0) is 50.7. The van der Waals surface area contributed by atoms with Crippen LogP contribution in [-0.2, 0) is 14.3 Å². The number of ether oxygens (including phenoxy) is 1. The van der Waals surface area contributed by atoms with E-state index in [9.17, 15) is 19.8 Å². The number of allylic oxidation sites excluding steroid dienone is 3. The number of unbranched alkanes of at least 4 members (excludes halogenated alkanes) is 46. The average molecular weight is 987 g/mol. The first-order valence-electron chi connectivity index (χ1n) is 31.6. The van der Waals surface area contributed by atoms with Crippen LogP contribution in [0.5, 0.6) is 0 Å². The van der Waals surface area contributed by atoms with E-state index in [1.807, 2.05) is 6.08 Å². The van der Waals surface area contributed by atoms with Crippen LogP contribution < -0.4 is 5.32 Å². The van der Waals surface area contributed by atoms with Gasteiger partial charge in [-0.05, 0) is 57.8 Å². The summed E-state index contributed by atoms with van der Waals surface area (Å²) >= 11 is 0. The number of carbonyl (C=O) groups excluding carboxylic acids is 2. The zero-order valence-electron chi connectivity index (χ0n) is 47.3. The molecule has 0 aliphatic heterocycles. The van der Waals surface area contributed by atoms with E-state index >= 15 is 0 Å². The van der Waals surface area contributed by atoms with Crippen LogP contribution in [0.4, 0.5) is 0 Å². The van der Waals surface area contributed by atoms with Gasteiger partial charge in [-0.2, -0.15) is 0 Å². The topological polar surface area (TPSA) is 95.9 Å². The Kier molecular flexibility index (Phi) is 58.5. The van der Waals surface area contributed by atoms with E-state index < -0.39 is 12.1 Å². The molecule has 2 atom stereocenters. The molecule has 0 aliphatic rings. The highest BCUT2D eigenvalue weighted by atomic mass is 16.5. The number of nitrogens with one attached hydrogen (secondary N) is 1. The monoisotopic (exact) mass is 986 g/mol. The molecular weight excluding hydrogens is 863 g/mol. The number of hydrogen-bond donors (Lipinski definition) is 3. The van der Waals surface area contributed by atoms with Crippen LogP contribution in [0.2, 0.25) is 0 Å². The second-order valence-corrected chi connectivity index (χ2v) is 21.7. The lowest BCUT2D eigenvalue weighted by molar-refractivity contribution is -0.143. The maximum Gasteiger partial charge on any atom is 0.305 e. The highest BCUT2D eigenvalue weighted by molar-refractivity contribution is 5.76. The van der Waals surface area contributed by atoms with Gasteiger partial charge in [0, 0.05) is 12.8 Å². The van der Waals surface area contributed by atoms with Crippen LogP contribution in [0, 0.1) is 0 Å². The Morgan fingerprint density at radius 3 is 1.01 bits per heavy atom. The van der Waals surface area contributed by atoms with Crippen molar-refractivity contribution in [2.45, 2.75) is 360 Å². The van der Waals surface area contributed by atoms with Crippen LogP contribution in [0.3, 0.4) is 0 Å². The molecule has 0 rings (SSSR count). The Morgan fingerprint density at radius 2 is 0.671 bits per heavy atom. The second-order valence-electron chi connectivity index (χ2n) is 21.7. The molecule has 0 fully saturated rings. The van der Waals surface area contributed by atoms with Crippen molar-refractivity contribution < 1.29 is 24.5 Å². The fraction of sp³-hybridized carbons (Fsp3) is 0.906. The molecule has 70 heavy (non-hydrogen) atoms. The lowest BCUT2D eigenvalue weighted by Gasteiger charge is -2.20. The van der Waals surface area contributed by atoms with Crippen LogP contribution >= 0.6 is 0 Å². The molecule has 0 aromatic heterocycles. The highest BCUT2D eigenvalue weighted by Crippen LogP contribution is 2.17. The molecule has 0 aliphatic carbocycles. The molecule has 2 unspecified atom stereocenters. The van der Waals surface area contributed by atoms with Gasteiger partial charge in [0.05, 0.1) is 25.4 Å². The zero-order valence-corrected chi connectivity index (χ0v) is 47.3. The molecule has 0 aromatic carbocycles. The van der Waals surface area contributed by atoms with Gasteiger partial charge < -0.3 is 20.3 Å². The van der Waals surface area contributed by atoms with Crippen molar-refractivity contribution in [2.75, 3.05) is 13.2 Å². The third kappa shape index (κ3) is 55.7. The van der Waals surface area contributed by atoms with Gasteiger partial charge in [0.15, 0.2) is 0 Å². The SMILES string of the molecule is CCCCCCCCCCC/C=C/C(O)C(CO)NC(=O)CCCCCCCCCCCCCCCCC/C=C\CCCCCCCCCCCCCCOC(=O)CCCCCCCCCCCCC. The fourth-order valence-electron chi connectivity index (χ4n) is 9.87. The van der Waals surface area contributed by atoms with Crippen molar-refractivity contribution in [1.29, 1.82) is 0 Å². The first-order chi connectivity index (χ1) is 34.5. The maximum absolute atomic E-state index is 12.4. The number of amides is 1. The summed E-state index contributed by atoms with van der Waals surface area (Å²) < 4.78 is 5.47. The molecule has 6 heteroatoms. The maximum atomic E-state index is 12.4. The van der Waals surface area contributed by atoms with Crippen LogP contribution in [0.25, 0.3) is 0 Å². The number of aliphatic hydroxyl groups excluding tert-OH is 2. The van der Waals surface area contributed by atoms with Gasteiger partial charge in [0.1, 0.15) is 0 Å². The second kappa shape index (κ2) is 59.9. The highest BCUT2D eigenvalue weighted by Gasteiger charge is 2.18. The van der Waals surface area contributed by atoms with E-state index in [4.69, 9.17) is 4.74 Å². The Morgan fingerprint density at radius 1 is 0.386 bits per heavy atom. The average Bonchev–Trinajstić information content (AvgIpc) is 3.36. The number of rotatable bonds is 59. The summed E-state index contributed by atoms with van der Waals surface area (Å²) in [5, 5.41) is 23.0. The predicted molar refractivity (Wildman–Crippen MR) is 306 cm³/mol. The van der Waals surface area contributed by atoms with Gasteiger partial charge >= 0.3 is 5.97 Å². The molecule has 0 radical (unpaired) electrons. The molecule has 0 spiro atoms. The Labute approximate surface area is 437 Å². The first kappa shape index (κ1) is 68.3. The van der Waals surface area contributed by atoms with Crippen molar-refractivity contribution in [2.24, 2.45) is 0 Å². The summed E-state index contributed by atoms with van der Waals surface area (Å²) in [6.07, 6.45) is 73.9. The van der Waals surface area contributed by atoms with Gasteiger partial charge in [0.25, 0.3) is 0 Å². The molecule has 414 valence electrons. The lowest BCUT2D eigenvalue weighted by atomic mass is 10.0. The minimum Gasteiger partial charge on any atom is -0.466 e. The van der Waals surface area contributed by atoms with Crippen molar-refractivity contribution in [3.63, 3.8) is 0 Å². The van der Waals surface area contributed by atoms with Crippen molar-refractivity contribution in [1.82, 2.24) is 5.32 Å². The molecule has 0 aromatic rings. The fourth-order valence-corrected chi connectivity index (χ4v) is 9.87. The number of aliphatic hydroxyl groups is 2. The first-order valence-corrected chi connectivity index (χ1v) is 31.6. The Balaban J connectivity index is 3.35. The van der Waals surface area contributed by atoms with E-state index in [1.54, 1.807) is 6.08 Å². The van der Waals surface area contributed by atoms with Crippen molar-refractivity contribution in [3.8, 4) is 0 Å². The summed E-state index contributed by atoms with van der Waals surface area (Å²) in [5.41, 5.74) is 0. The predicted octanol–water partition coefficient (Wildman–Crippen LogP) is 19.8. The molecule has 6 nitrogen and oxygen atoms in total. The van der Waals surface area contributed by atoms with Gasteiger partial charge in [-0.25, -0.2) is 0 Å². The molecule has 0 saturated heterocycles. The van der Waals surface area contributed by atoms with Gasteiger partial charge in [-0.15, -0.1) is 0 Å². The van der Waals surface area contributed by atoms with Gasteiger partial charge in [-0.1, -0.05) is 301 Å². The normalized spacial score (nSPS) is 12.7. The van der Waals surface area contributed by atoms with Crippen molar-refractivity contribution in [3.05, 3.63) is 24.3 Å². The third-order valence-electron chi connectivity index (χ3n) is 14.7. The lowest BCUT2D eigenvalue weighted by Crippen LogP contribution is -2.45. The third-order valence-corrected chi connectivity index (χ3v) is 14.7. The largest absolute Gasteiger partial charge is 0.466 e. The van der Waals surface area contributed by atoms with Crippen LogP contribution in [-0.4, -0.2) is 47.4 Å². The summed E-state index contributed by atoms with van der Waals surface area (Å²) in [6.45, 7) is 4.90. The molecule has 0 heterocycles. The molecular formula is C64H123NO5. The summed E-state index contributed by atoms with van der Waals surface area (Å²) in [6, 6.07) is -0.624. The quantitative estimate of drug-likeness (QED) is 0.0321. The molecule has 3 N–H and O–H groups in total. The minimum absolute atomic E-state index is 0.0172. The van der Waals surface area contributed by atoms with E-state index in [1.165, 1.54) is 283 Å². The standard InChI is InChI=1S/C64H123NO5/c1-3-5-7-9-11-13-36-40-44-48-52-56-62(67)61(60-66)65-63(68)57-53-49-45-41-38-34-32-30-28-26-24-22-20-18-16-15-17-19-21-23-25-27-29-31-33-35-39-43-47-51-55-59-70-64(69)58-54-50-46-42-37-14-12-10-8-6-4-2/h17,19,52,56,61-62,66-67H,3-16,18,20-51,53-55,57-60H2,1-2H3,(H,65,68)/b19-17-,56-52+. The molecule has 0 saturated carbocycles. The minimum atomic E-state index is -0.841. The van der Waals surface area contributed by atoms with E-state index in [2.05, 4.69) is 31.3 Å². The van der Waals surface area contributed by atoms with Crippen LogP contribution in [0.15, 0.2) is 24.3 Å². The Bertz CT molecular complexity index is 1090. The summed E-state index contributed by atoms with van der Waals surface area (Å²) in [4.78, 5) is 24.4. The number of carbonyl (C=O) groups is 2. The van der Waals surface area contributed by atoms with E-state index in [0.717, 1.165) is 38.5 Å². The van der Waals surface area contributed by atoms with Gasteiger partial charge in [-0.3, -0.25) is 9.59 Å². The molecule has 0 bridgehead atoms. The van der Waals surface area contributed by atoms with Gasteiger partial charge in [0.2, 0.25) is 5.91 Å². The van der Waals surface area contributed by atoms with E-state index in [-0.39, 0.29) is 18.5 Å². The summed E-state index contributed by atoms with van der Waals surface area (Å²) in [7, 11) is 0. The number of esters is 1. The van der Waals surface area contributed by atoms with Crippen molar-refractivity contribution >= 4 is 11.9 Å². The summed E-state index contributed by atoms with van der Waals surface area (Å²) in [5.74, 6) is -0.0488. The number of hydrogen-bond acceptors (Lipinski definition) is 5. The van der Waals surface area contributed by atoms with Crippen LogP contribution in [0.1, 0.15) is 348 Å². The smallest absolute Gasteiger partial charge is 0.305 e. The van der Waals surface area contributed by atoms with E-state index in [0.29, 0.717) is 19.4 Å².